The minimum atomic E-state index is -0.319. The zero-order valence-electron chi connectivity index (χ0n) is 10.6. The van der Waals surface area contributed by atoms with Gasteiger partial charge in [0.25, 0.3) is 0 Å². The van der Waals surface area contributed by atoms with E-state index in [9.17, 15) is 0 Å². The molecule has 0 amide bonds. The summed E-state index contributed by atoms with van der Waals surface area (Å²) in [6.07, 6.45) is 5.78. The maximum absolute atomic E-state index is 6.34. The molecule has 2 fully saturated rings. The molecule has 0 bridgehead atoms. The summed E-state index contributed by atoms with van der Waals surface area (Å²) >= 11 is 6.15. The molecule has 2 rings (SSSR count). The van der Waals surface area contributed by atoms with E-state index in [0.29, 0.717) is 12.5 Å². The molecule has 1 saturated heterocycles. The zero-order chi connectivity index (χ0) is 11.9. The van der Waals surface area contributed by atoms with E-state index < -0.39 is 0 Å². The van der Waals surface area contributed by atoms with Crippen molar-refractivity contribution in [2.45, 2.75) is 64.3 Å². The van der Waals surface area contributed by atoms with Crippen molar-refractivity contribution >= 4 is 11.6 Å². The van der Waals surface area contributed by atoms with Gasteiger partial charge in [-0.15, -0.1) is 11.6 Å². The topological polar surface area (TPSA) is 18.5 Å². The average Bonchev–Trinajstić information content (AvgIpc) is 2.59. The minimum Gasteiger partial charge on any atom is -0.347 e. The molecule has 94 valence electrons. The van der Waals surface area contributed by atoms with Crippen molar-refractivity contribution in [3.8, 4) is 0 Å². The molecule has 1 heterocycles. The van der Waals surface area contributed by atoms with Crippen molar-refractivity contribution in [1.29, 1.82) is 0 Å². The van der Waals surface area contributed by atoms with Crippen LogP contribution in [-0.2, 0) is 9.47 Å². The molecular weight excluding hydrogens is 224 g/mol. The first-order valence-corrected chi connectivity index (χ1v) is 6.87. The Bertz CT molecular complexity index is 253. The molecule has 1 saturated carbocycles. The predicted octanol–water partition coefficient (Wildman–Crippen LogP) is 3.72. The number of alkyl halides is 1. The van der Waals surface area contributed by atoms with Crippen molar-refractivity contribution < 1.29 is 9.47 Å². The van der Waals surface area contributed by atoms with Crippen LogP contribution in [0.1, 0.15) is 52.9 Å². The van der Waals surface area contributed by atoms with Gasteiger partial charge in [-0.3, -0.25) is 0 Å². The van der Waals surface area contributed by atoms with Crippen LogP contribution in [0, 0.1) is 5.41 Å². The third-order valence-electron chi connectivity index (χ3n) is 4.15. The van der Waals surface area contributed by atoms with Gasteiger partial charge in [0.2, 0.25) is 0 Å². The van der Waals surface area contributed by atoms with Crippen LogP contribution in [-0.4, -0.2) is 23.9 Å². The molecule has 0 aromatic heterocycles. The lowest BCUT2D eigenvalue weighted by molar-refractivity contribution is -0.216. The quantitative estimate of drug-likeness (QED) is 0.657. The molecule has 0 aromatic rings. The monoisotopic (exact) mass is 246 g/mol. The van der Waals surface area contributed by atoms with E-state index in [4.69, 9.17) is 21.1 Å². The van der Waals surface area contributed by atoms with Crippen LogP contribution < -0.4 is 0 Å². The predicted molar refractivity (Wildman–Crippen MR) is 65.8 cm³/mol. The van der Waals surface area contributed by atoms with E-state index in [-0.39, 0.29) is 16.8 Å². The summed E-state index contributed by atoms with van der Waals surface area (Å²) in [5, 5.41) is 0. The van der Waals surface area contributed by atoms with Gasteiger partial charge in [-0.25, -0.2) is 0 Å². The van der Waals surface area contributed by atoms with Crippen molar-refractivity contribution in [2.75, 3.05) is 12.5 Å². The van der Waals surface area contributed by atoms with Crippen LogP contribution in [0.3, 0.4) is 0 Å². The van der Waals surface area contributed by atoms with Crippen LogP contribution in [0.25, 0.3) is 0 Å². The number of hydrogen-bond donors (Lipinski definition) is 0. The molecule has 1 atom stereocenters. The lowest BCUT2D eigenvalue weighted by Crippen LogP contribution is -2.49. The molecule has 1 aliphatic heterocycles. The fourth-order valence-corrected chi connectivity index (χ4v) is 3.17. The molecule has 2 nitrogen and oxygen atoms in total. The van der Waals surface area contributed by atoms with Gasteiger partial charge in [0, 0.05) is 12.8 Å². The van der Waals surface area contributed by atoms with Crippen molar-refractivity contribution in [2.24, 2.45) is 5.41 Å². The van der Waals surface area contributed by atoms with Gasteiger partial charge >= 0.3 is 0 Å². The summed E-state index contributed by atoms with van der Waals surface area (Å²) in [5.74, 6) is 0.193. The van der Waals surface area contributed by atoms with Gasteiger partial charge in [-0.05, 0) is 18.3 Å². The van der Waals surface area contributed by atoms with E-state index in [1.165, 1.54) is 19.3 Å². The molecule has 1 aliphatic carbocycles. The first-order valence-electron chi connectivity index (χ1n) is 6.33. The molecule has 1 unspecified atom stereocenters. The van der Waals surface area contributed by atoms with Gasteiger partial charge in [-0.2, -0.15) is 0 Å². The van der Waals surface area contributed by atoms with E-state index >= 15 is 0 Å². The lowest BCUT2D eigenvalue weighted by Gasteiger charge is -2.41. The Hall–Kier alpha value is 0.210. The summed E-state index contributed by atoms with van der Waals surface area (Å²) in [7, 11) is 0. The van der Waals surface area contributed by atoms with Crippen molar-refractivity contribution in [3.63, 3.8) is 0 Å². The molecule has 16 heavy (non-hydrogen) atoms. The maximum atomic E-state index is 6.34. The Morgan fingerprint density at radius 2 is 1.75 bits per heavy atom. The van der Waals surface area contributed by atoms with E-state index in [1.54, 1.807) is 0 Å². The summed E-state index contributed by atoms with van der Waals surface area (Å²) in [5.41, 5.74) is -0.290. The van der Waals surface area contributed by atoms with Crippen molar-refractivity contribution in [1.82, 2.24) is 0 Å². The second kappa shape index (κ2) is 4.15. The number of halogens is 1. The second-order valence-corrected chi connectivity index (χ2v) is 6.51. The number of rotatable bonds is 1. The van der Waals surface area contributed by atoms with Crippen LogP contribution in [0.2, 0.25) is 0 Å². The number of hydrogen-bond acceptors (Lipinski definition) is 2. The molecule has 1 spiro atoms. The highest BCUT2D eigenvalue weighted by Crippen LogP contribution is 2.48. The SMILES string of the molecule is CC(C)(C)C1(CCl)COC2(CCCCC2)O1. The third kappa shape index (κ3) is 2.00. The van der Waals surface area contributed by atoms with Gasteiger partial charge < -0.3 is 9.47 Å². The lowest BCUT2D eigenvalue weighted by atomic mass is 9.78. The van der Waals surface area contributed by atoms with Gasteiger partial charge in [-0.1, -0.05) is 27.2 Å². The van der Waals surface area contributed by atoms with Crippen molar-refractivity contribution in [3.05, 3.63) is 0 Å². The molecule has 2 aliphatic rings. The van der Waals surface area contributed by atoms with Gasteiger partial charge in [0.1, 0.15) is 5.60 Å². The largest absolute Gasteiger partial charge is 0.347 e. The average molecular weight is 247 g/mol. The van der Waals surface area contributed by atoms with Crippen LogP contribution in [0.4, 0.5) is 0 Å². The van der Waals surface area contributed by atoms with Gasteiger partial charge in [0.05, 0.1) is 12.5 Å². The highest BCUT2D eigenvalue weighted by molar-refractivity contribution is 6.18. The Labute approximate surface area is 104 Å². The standard InChI is InChI=1S/C13H23ClO2/c1-11(2,3)12(9-14)10-15-13(16-12)7-5-4-6-8-13/h4-10H2,1-3H3. The highest BCUT2D eigenvalue weighted by atomic mass is 35.5. The molecule has 0 radical (unpaired) electrons. The van der Waals surface area contributed by atoms with E-state index in [2.05, 4.69) is 20.8 Å². The normalized spacial score (nSPS) is 34.5. The third-order valence-corrected chi connectivity index (χ3v) is 4.58. The first kappa shape index (κ1) is 12.7. The number of ether oxygens (including phenoxy) is 2. The zero-order valence-corrected chi connectivity index (χ0v) is 11.4. The Balaban J connectivity index is 2.15. The van der Waals surface area contributed by atoms with E-state index in [0.717, 1.165) is 12.8 Å². The molecule has 0 aromatic carbocycles. The fourth-order valence-electron chi connectivity index (χ4n) is 2.64. The summed E-state index contributed by atoms with van der Waals surface area (Å²) in [4.78, 5) is 0. The maximum Gasteiger partial charge on any atom is 0.169 e. The Morgan fingerprint density at radius 1 is 1.12 bits per heavy atom. The summed E-state index contributed by atoms with van der Waals surface area (Å²) < 4.78 is 12.3. The van der Waals surface area contributed by atoms with E-state index in [1.807, 2.05) is 0 Å². The Kier molecular flexibility index (Phi) is 3.28. The minimum absolute atomic E-state index is 0.0235. The van der Waals surface area contributed by atoms with Crippen LogP contribution in [0.5, 0.6) is 0 Å². The van der Waals surface area contributed by atoms with Gasteiger partial charge in [0.15, 0.2) is 5.79 Å². The smallest absolute Gasteiger partial charge is 0.169 e. The highest BCUT2D eigenvalue weighted by Gasteiger charge is 2.55. The summed E-state index contributed by atoms with van der Waals surface area (Å²) in [6, 6.07) is 0. The fraction of sp³-hybridized carbons (Fsp3) is 1.00. The molecule has 3 heteroatoms. The summed E-state index contributed by atoms with van der Waals surface area (Å²) in [6.45, 7) is 7.18. The first-order chi connectivity index (χ1) is 7.43. The van der Waals surface area contributed by atoms with Crippen LogP contribution >= 0.6 is 11.6 Å². The molecular formula is C13H23ClO2. The molecule has 0 N–H and O–H groups in total. The van der Waals surface area contributed by atoms with Crippen LogP contribution in [0.15, 0.2) is 0 Å². The second-order valence-electron chi connectivity index (χ2n) is 6.24. The Morgan fingerprint density at radius 3 is 2.19 bits per heavy atom.